The van der Waals surface area contributed by atoms with Crippen molar-refractivity contribution in [1.29, 1.82) is 0 Å². The van der Waals surface area contributed by atoms with Crippen LogP contribution in [0.3, 0.4) is 0 Å². The maximum Gasteiger partial charge on any atom is 0.228 e. The van der Waals surface area contributed by atoms with E-state index in [1.165, 1.54) is 0 Å². The molecule has 1 N–H and O–H groups in total. The third-order valence-electron chi connectivity index (χ3n) is 3.32. The maximum atomic E-state index is 12.2. The van der Waals surface area contributed by atoms with Crippen molar-refractivity contribution in [3.05, 3.63) is 48.0 Å². The predicted octanol–water partition coefficient (Wildman–Crippen LogP) is 3.36. The van der Waals surface area contributed by atoms with Crippen molar-refractivity contribution in [1.82, 2.24) is 0 Å². The molecule has 3 rings (SSSR count). The lowest BCUT2D eigenvalue weighted by Gasteiger charge is -2.18. The lowest BCUT2D eigenvalue weighted by molar-refractivity contribution is -0.115. The molecule has 1 aliphatic heterocycles. The molecule has 114 valence electrons. The van der Waals surface area contributed by atoms with E-state index in [0.717, 1.165) is 21.9 Å². The summed E-state index contributed by atoms with van der Waals surface area (Å²) in [6.07, 6.45) is 2.32. The van der Waals surface area contributed by atoms with Crippen molar-refractivity contribution in [2.45, 2.75) is 11.3 Å². The second-order valence-electron chi connectivity index (χ2n) is 4.93. The van der Waals surface area contributed by atoms with Gasteiger partial charge >= 0.3 is 0 Å². The summed E-state index contributed by atoms with van der Waals surface area (Å²) >= 11 is 1.65. The fraction of sp³-hybridized carbons (Fsp3) is 0.235. The molecule has 1 heterocycles. The Bertz CT molecular complexity index is 687. The zero-order chi connectivity index (χ0) is 15.4. The first-order valence-electron chi connectivity index (χ1n) is 7.07. The van der Waals surface area contributed by atoms with Crippen LogP contribution in [0.1, 0.15) is 5.56 Å². The fourth-order valence-electron chi connectivity index (χ4n) is 2.29. The molecule has 0 radical (unpaired) electrons. The van der Waals surface area contributed by atoms with E-state index in [-0.39, 0.29) is 5.91 Å². The molecular weight excluding hydrogens is 298 g/mol. The van der Waals surface area contributed by atoms with Crippen LogP contribution in [0.5, 0.6) is 11.5 Å². The molecule has 0 spiro atoms. The average Bonchev–Trinajstić information content (AvgIpc) is 2.55. The second-order valence-corrected chi connectivity index (χ2v) is 5.81. The highest BCUT2D eigenvalue weighted by Gasteiger charge is 2.13. The van der Waals surface area contributed by atoms with Gasteiger partial charge in [0.25, 0.3) is 0 Å². The van der Waals surface area contributed by atoms with E-state index in [1.54, 1.807) is 11.8 Å². The molecule has 1 aliphatic rings. The number of rotatable bonds is 4. The van der Waals surface area contributed by atoms with Gasteiger partial charge in [0.1, 0.15) is 13.2 Å². The molecule has 0 aromatic heterocycles. The van der Waals surface area contributed by atoms with Gasteiger partial charge in [0.05, 0.1) is 6.42 Å². The van der Waals surface area contributed by atoms with E-state index in [2.05, 4.69) is 5.32 Å². The topological polar surface area (TPSA) is 47.6 Å². The number of benzene rings is 2. The third-order valence-corrected chi connectivity index (χ3v) is 4.05. The highest BCUT2D eigenvalue weighted by molar-refractivity contribution is 7.98. The molecule has 2 aromatic rings. The molecule has 0 fully saturated rings. The molecule has 0 bridgehead atoms. The van der Waals surface area contributed by atoms with Gasteiger partial charge in [-0.15, -0.1) is 11.8 Å². The van der Waals surface area contributed by atoms with Gasteiger partial charge < -0.3 is 14.8 Å². The van der Waals surface area contributed by atoms with Crippen LogP contribution < -0.4 is 14.8 Å². The third kappa shape index (κ3) is 3.54. The van der Waals surface area contributed by atoms with Gasteiger partial charge in [0.15, 0.2) is 11.5 Å². The van der Waals surface area contributed by atoms with Crippen molar-refractivity contribution < 1.29 is 14.3 Å². The van der Waals surface area contributed by atoms with Gasteiger partial charge in [-0.2, -0.15) is 0 Å². The maximum absolute atomic E-state index is 12.2. The van der Waals surface area contributed by atoms with Gasteiger partial charge in [0, 0.05) is 10.6 Å². The zero-order valence-corrected chi connectivity index (χ0v) is 13.1. The van der Waals surface area contributed by atoms with Crippen LogP contribution in [0.25, 0.3) is 0 Å². The van der Waals surface area contributed by atoms with Crippen molar-refractivity contribution in [2.75, 3.05) is 24.8 Å². The standard InChI is InChI=1S/C17H17NO3S/c1-22-14-4-2-3-13(11-14)18-17(19)10-12-5-6-15-16(9-12)21-8-7-20-15/h2-6,9,11H,7-8,10H2,1H3,(H,18,19). The normalized spacial score (nSPS) is 12.8. The molecule has 5 heteroatoms. The Kier molecular flexibility index (Phi) is 4.53. The Balaban J connectivity index is 1.66. The van der Waals surface area contributed by atoms with Crippen LogP contribution in [-0.2, 0) is 11.2 Å². The van der Waals surface area contributed by atoms with Gasteiger partial charge in [-0.3, -0.25) is 4.79 Å². The number of carbonyl (C=O) groups is 1. The summed E-state index contributed by atoms with van der Waals surface area (Å²) in [6, 6.07) is 13.4. The Labute approximate surface area is 133 Å². The van der Waals surface area contributed by atoms with E-state index >= 15 is 0 Å². The van der Waals surface area contributed by atoms with Crippen LogP contribution in [-0.4, -0.2) is 25.4 Å². The Morgan fingerprint density at radius 1 is 1.14 bits per heavy atom. The van der Waals surface area contributed by atoms with Crippen molar-refractivity contribution in [3.63, 3.8) is 0 Å². The monoisotopic (exact) mass is 315 g/mol. The first-order valence-corrected chi connectivity index (χ1v) is 8.29. The molecule has 0 saturated carbocycles. The van der Waals surface area contributed by atoms with Crippen LogP contribution in [0.2, 0.25) is 0 Å². The Morgan fingerprint density at radius 2 is 1.95 bits per heavy atom. The highest BCUT2D eigenvalue weighted by atomic mass is 32.2. The minimum Gasteiger partial charge on any atom is -0.486 e. The second kappa shape index (κ2) is 6.75. The summed E-state index contributed by atoms with van der Waals surface area (Å²) in [5.41, 5.74) is 1.72. The van der Waals surface area contributed by atoms with Crippen LogP contribution in [0.15, 0.2) is 47.4 Å². The molecular formula is C17H17NO3S. The fourth-order valence-corrected chi connectivity index (χ4v) is 2.75. The van der Waals surface area contributed by atoms with Gasteiger partial charge in [0.2, 0.25) is 5.91 Å². The molecule has 0 aliphatic carbocycles. The van der Waals surface area contributed by atoms with Gasteiger partial charge in [-0.05, 0) is 42.2 Å². The number of nitrogens with one attached hydrogen (secondary N) is 1. The van der Waals surface area contributed by atoms with Gasteiger partial charge in [-0.25, -0.2) is 0 Å². The van der Waals surface area contributed by atoms with Crippen LogP contribution >= 0.6 is 11.8 Å². The van der Waals surface area contributed by atoms with Crippen LogP contribution in [0.4, 0.5) is 5.69 Å². The van der Waals surface area contributed by atoms with E-state index in [1.807, 2.05) is 48.7 Å². The summed E-state index contributed by atoms with van der Waals surface area (Å²) in [5.74, 6) is 1.40. The molecule has 22 heavy (non-hydrogen) atoms. The summed E-state index contributed by atoms with van der Waals surface area (Å²) in [6.45, 7) is 1.11. The molecule has 0 unspecified atom stereocenters. The Hall–Kier alpha value is -2.14. The number of anilines is 1. The summed E-state index contributed by atoms with van der Waals surface area (Å²) in [4.78, 5) is 13.3. The van der Waals surface area contributed by atoms with Crippen molar-refractivity contribution >= 4 is 23.4 Å². The summed E-state index contributed by atoms with van der Waals surface area (Å²) < 4.78 is 11.0. The SMILES string of the molecule is CSc1cccc(NC(=O)Cc2ccc3c(c2)OCCO3)c1. The lowest BCUT2D eigenvalue weighted by atomic mass is 10.1. The van der Waals surface area contributed by atoms with Crippen LogP contribution in [0, 0.1) is 0 Å². The average molecular weight is 315 g/mol. The van der Waals surface area contributed by atoms with E-state index < -0.39 is 0 Å². The predicted molar refractivity (Wildman–Crippen MR) is 88.0 cm³/mol. The smallest absolute Gasteiger partial charge is 0.228 e. The molecule has 0 saturated heterocycles. The Morgan fingerprint density at radius 3 is 2.77 bits per heavy atom. The number of ether oxygens (including phenoxy) is 2. The lowest BCUT2D eigenvalue weighted by Crippen LogP contribution is -2.17. The van der Waals surface area contributed by atoms with E-state index in [0.29, 0.717) is 25.4 Å². The van der Waals surface area contributed by atoms with Crippen molar-refractivity contribution in [2.24, 2.45) is 0 Å². The minimum atomic E-state index is -0.0464. The summed E-state index contributed by atoms with van der Waals surface area (Å²) in [7, 11) is 0. The first-order chi connectivity index (χ1) is 10.7. The quantitative estimate of drug-likeness (QED) is 0.879. The number of carbonyl (C=O) groups excluding carboxylic acids is 1. The number of hydrogen-bond donors (Lipinski definition) is 1. The zero-order valence-electron chi connectivity index (χ0n) is 12.3. The van der Waals surface area contributed by atoms with E-state index in [4.69, 9.17) is 9.47 Å². The molecule has 0 atom stereocenters. The summed E-state index contributed by atoms with van der Waals surface area (Å²) in [5, 5.41) is 2.92. The number of fused-ring (bicyclic) bond motifs is 1. The molecule has 1 amide bonds. The first kappa shape index (κ1) is 14.8. The largest absolute Gasteiger partial charge is 0.486 e. The number of hydrogen-bond acceptors (Lipinski definition) is 4. The molecule has 2 aromatic carbocycles. The highest BCUT2D eigenvalue weighted by Crippen LogP contribution is 2.31. The van der Waals surface area contributed by atoms with Crippen molar-refractivity contribution in [3.8, 4) is 11.5 Å². The number of thioether (sulfide) groups is 1. The van der Waals surface area contributed by atoms with Gasteiger partial charge in [-0.1, -0.05) is 12.1 Å². The minimum absolute atomic E-state index is 0.0464. The molecule has 4 nitrogen and oxygen atoms in total. The van der Waals surface area contributed by atoms with E-state index in [9.17, 15) is 4.79 Å². The number of amides is 1.